The molecule has 0 atom stereocenters. The number of benzene rings is 1. The van der Waals surface area contributed by atoms with Crippen molar-refractivity contribution in [3.8, 4) is 10.9 Å². The van der Waals surface area contributed by atoms with Crippen LogP contribution in [0, 0.1) is 0 Å². The van der Waals surface area contributed by atoms with E-state index in [0.29, 0.717) is 11.7 Å². The third-order valence-corrected chi connectivity index (χ3v) is 2.95. The van der Waals surface area contributed by atoms with Gasteiger partial charge >= 0.3 is 0 Å². The highest BCUT2D eigenvalue weighted by Crippen LogP contribution is 2.23. The van der Waals surface area contributed by atoms with E-state index < -0.39 is 0 Å². The van der Waals surface area contributed by atoms with Gasteiger partial charge in [-0.05, 0) is 17.7 Å². The lowest BCUT2D eigenvalue weighted by Crippen LogP contribution is -2.26. The fourth-order valence-corrected chi connectivity index (χ4v) is 1.92. The molecule has 0 spiro atoms. The van der Waals surface area contributed by atoms with Crippen molar-refractivity contribution in [2.24, 2.45) is 0 Å². The van der Waals surface area contributed by atoms with Crippen molar-refractivity contribution >= 4 is 17.2 Å². The van der Waals surface area contributed by atoms with Crippen LogP contribution < -0.4 is 10.1 Å². The number of carbonyl (C=O) groups is 1. The molecule has 2 rings (SSSR count). The summed E-state index contributed by atoms with van der Waals surface area (Å²) < 4.78 is 10.3. The van der Waals surface area contributed by atoms with Crippen molar-refractivity contribution < 1.29 is 14.3 Å². The number of rotatable bonds is 6. The van der Waals surface area contributed by atoms with Gasteiger partial charge in [0.15, 0.2) is 0 Å². The number of nitrogens with one attached hydrogen (secondary N) is 1. The van der Waals surface area contributed by atoms with Crippen LogP contribution in [-0.4, -0.2) is 24.6 Å². The molecule has 6 heteroatoms. The molecule has 0 fully saturated rings. The van der Waals surface area contributed by atoms with E-state index in [1.807, 2.05) is 29.6 Å². The molecule has 1 aromatic heterocycles. The number of methoxy groups -OCH3 is 1. The topological polar surface area (TPSA) is 60.5 Å². The molecule has 2 aromatic rings. The number of amides is 1. The zero-order chi connectivity index (χ0) is 13.5. The van der Waals surface area contributed by atoms with Crippen LogP contribution in [-0.2, 0) is 16.1 Å². The van der Waals surface area contributed by atoms with E-state index in [0.717, 1.165) is 11.3 Å². The SMILES string of the molecule is COCC(=O)NCc1ccc(Oc2nccs2)cc1. The van der Waals surface area contributed by atoms with Gasteiger partial charge in [0.1, 0.15) is 12.4 Å². The zero-order valence-electron chi connectivity index (χ0n) is 10.5. The Bertz CT molecular complexity index is 511. The van der Waals surface area contributed by atoms with Crippen LogP contribution in [0.4, 0.5) is 0 Å². The lowest BCUT2D eigenvalue weighted by atomic mass is 10.2. The van der Waals surface area contributed by atoms with Gasteiger partial charge in [0.25, 0.3) is 5.19 Å². The van der Waals surface area contributed by atoms with Crippen LogP contribution in [0.2, 0.25) is 0 Å². The fourth-order valence-electron chi connectivity index (χ4n) is 1.42. The van der Waals surface area contributed by atoms with E-state index in [-0.39, 0.29) is 12.5 Å². The molecule has 0 radical (unpaired) electrons. The van der Waals surface area contributed by atoms with Gasteiger partial charge in [0.05, 0.1) is 0 Å². The number of aromatic nitrogens is 1. The zero-order valence-corrected chi connectivity index (χ0v) is 11.3. The Morgan fingerprint density at radius 3 is 2.79 bits per heavy atom. The first-order valence-electron chi connectivity index (χ1n) is 5.70. The molecule has 0 bridgehead atoms. The average Bonchev–Trinajstić information content (AvgIpc) is 2.91. The van der Waals surface area contributed by atoms with E-state index in [4.69, 9.17) is 9.47 Å². The van der Waals surface area contributed by atoms with Crippen molar-refractivity contribution in [3.63, 3.8) is 0 Å². The molecule has 0 aliphatic rings. The number of thiazole rings is 1. The summed E-state index contributed by atoms with van der Waals surface area (Å²) >= 11 is 1.44. The Balaban J connectivity index is 1.86. The molecule has 1 aromatic carbocycles. The number of nitrogens with zero attached hydrogens (tertiary/aromatic N) is 1. The maximum atomic E-state index is 11.2. The van der Waals surface area contributed by atoms with Gasteiger partial charge in [-0.2, -0.15) is 0 Å². The molecule has 0 saturated heterocycles. The molecule has 19 heavy (non-hydrogen) atoms. The standard InChI is InChI=1S/C13H14N2O3S/c1-17-9-12(16)15-8-10-2-4-11(5-3-10)18-13-14-6-7-19-13/h2-7H,8-9H2,1H3,(H,15,16). The summed E-state index contributed by atoms with van der Waals surface area (Å²) in [5, 5.41) is 5.22. The van der Waals surface area contributed by atoms with Crippen LogP contribution in [0.15, 0.2) is 35.8 Å². The van der Waals surface area contributed by atoms with E-state index >= 15 is 0 Å². The summed E-state index contributed by atoms with van der Waals surface area (Å²) in [6.07, 6.45) is 1.69. The highest BCUT2D eigenvalue weighted by Gasteiger charge is 2.02. The molecule has 0 aliphatic heterocycles. The van der Waals surface area contributed by atoms with E-state index in [9.17, 15) is 4.79 Å². The monoisotopic (exact) mass is 278 g/mol. The Labute approximate surface area is 115 Å². The first-order chi connectivity index (χ1) is 9.28. The molecule has 5 nitrogen and oxygen atoms in total. The van der Waals surface area contributed by atoms with Crippen molar-refractivity contribution in [3.05, 3.63) is 41.4 Å². The lowest BCUT2D eigenvalue weighted by Gasteiger charge is -2.06. The molecule has 1 N–H and O–H groups in total. The van der Waals surface area contributed by atoms with Gasteiger partial charge in [-0.3, -0.25) is 4.79 Å². The number of carbonyl (C=O) groups excluding carboxylic acids is 1. The van der Waals surface area contributed by atoms with Crippen LogP contribution >= 0.6 is 11.3 Å². The molecule has 0 aliphatic carbocycles. The normalized spacial score (nSPS) is 10.2. The third kappa shape index (κ3) is 4.35. The first-order valence-corrected chi connectivity index (χ1v) is 6.58. The van der Waals surface area contributed by atoms with Crippen LogP contribution in [0.25, 0.3) is 0 Å². The summed E-state index contributed by atoms with van der Waals surface area (Å²) in [4.78, 5) is 15.3. The van der Waals surface area contributed by atoms with Crippen molar-refractivity contribution in [1.29, 1.82) is 0 Å². The molecule has 100 valence electrons. The quantitative estimate of drug-likeness (QED) is 0.880. The highest BCUT2D eigenvalue weighted by atomic mass is 32.1. The van der Waals surface area contributed by atoms with Crippen molar-refractivity contribution in [2.45, 2.75) is 6.54 Å². The number of hydrogen-bond donors (Lipinski definition) is 1. The smallest absolute Gasteiger partial charge is 0.278 e. The first kappa shape index (κ1) is 13.5. The largest absolute Gasteiger partial charge is 0.431 e. The Hall–Kier alpha value is -1.92. The third-order valence-electron chi connectivity index (χ3n) is 2.30. The van der Waals surface area contributed by atoms with E-state index in [2.05, 4.69) is 10.3 Å². The molecule has 1 amide bonds. The minimum absolute atomic E-state index is 0.0746. The predicted molar refractivity (Wildman–Crippen MR) is 72.4 cm³/mol. The van der Waals surface area contributed by atoms with Gasteiger partial charge in [-0.15, -0.1) is 0 Å². The lowest BCUT2D eigenvalue weighted by molar-refractivity contribution is -0.124. The van der Waals surface area contributed by atoms with Gasteiger partial charge in [0, 0.05) is 25.2 Å². The van der Waals surface area contributed by atoms with E-state index in [1.165, 1.54) is 18.4 Å². The van der Waals surface area contributed by atoms with Crippen molar-refractivity contribution in [2.75, 3.05) is 13.7 Å². The van der Waals surface area contributed by atoms with Gasteiger partial charge in [0.2, 0.25) is 5.91 Å². The summed E-state index contributed by atoms with van der Waals surface area (Å²) in [7, 11) is 1.49. The maximum Gasteiger partial charge on any atom is 0.278 e. The Morgan fingerprint density at radius 2 is 2.16 bits per heavy atom. The van der Waals surface area contributed by atoms with Crippen LogP contribution in [0.5, 0.6) is 10.9 Å². The Morgan fingerprint density at radius 1 is 1.37 bits per heavy atom. The van der Waals surface area contributed by atoms with Gasteiger partial charge < -0.3 is 14.8 Å². The minimum Gasteiger partial charge on any atom is -0.431 e. The second-order valence-corrected chi connectivity index (χ2v) is 4.61. The molecular weight excluding hydrogens is 264 g/mol. The molecular formula is C13H14N2O3S. The molecule has 0 unspecified atom stereocenters. The van der Waals surface area contributed by atoms with Crippen LogP contribution in [0.3, 0.4) is 0 Å². The second-order valence-electron chi connectivity index (χ2n) is 3.75. The maximum absolute atomic E-state index is 11.2. The van der Waals surface area contributed by atoms with E-state index in [1.54, 1.807) is 6.20 Å². The van der Waals surface area contributed by atoms with Crippen molar-refractivity contribution in [1.82, 2.24) is 10.3 Å². The molecule has 1 heterocycles. The fraction of sp³-hybridized carbons (Fsp3) is 0.231. The van der Waals surface area contributed by atoms with Crippen LogP contribution in [0.1, 0.15) is 5.56 Å². The average molecular weight is 278 g/mol. The van der Waals surface area contributed by atoms with Gasteiger partial charge in [-0.25, -0.2) is 4.98 Å². The molecule has 0 saturated carbocycles. The highest BCUT2D eigenvalue weighted by molar-refractivity contribution is 7.11. The minimum atomic E-state index is -0.134. The summed E-state index contributed by atoms with van der Waals surface area (Å²) in [5.74, 6) is 0.590. The summed E-state index contributed by atoms with van der Waals surface area (Å²) in [6.45, 7) is 0.547. The second kappa shape index (κ2) is 6.86. The van der Waals surface area contributed by atoms with Gasteiger partial charge in [-0.1, -0.05) is 23.5 Å². The predicted octanol–water partition coefficient (Wildman–Crippen LogP) is 2.20. The summed E-state index contributed by atoms with van der Waals surface area (Å²) in [5.41, 5.74) is 0.996. The number of ether oxygens (including phenoxy) is 2. The number of hydrogen-bond acceptors (Lipinski definition) is 5. The Kier molecular flexibility index (Phi) is 4.88. The summed E-state index contributed by atoms with van der Waals surface area (Å²) in [6, 6.07) is 7.49.